The molecule has 1 unspecified atom stereocenters. The molecular weight excluding hydrogens is 303 g/mol. The van der Waals surface area contributed by atoms with Gasteiger partial charge in [-0.2, -0.15) is 0 Å². The zero-order chi connectivity index (χ0) is 14.0. The first-order chi connectivity index (χ1) is 8.99. The Morgan fingerprint density at radius 3 is 2.53 bits per heavy atom. The van der Waals surface area contributed by atoms with E-state index in [0.29, 0.717) is 15.0 Å². The average molecular weight is 319 g/mol. The summed E-state index contributed by atoms with van der Waals surface area (Å²) in [6, 6.07) is 1.85. The third kappa shape index (κ3) is 3.48. The lowest BCUT2D eigenvalue weighted by atomic mass is 10.2. The summed E-state index contributed by atoms with van der Waals surface area (Å²) in [6.45, 7) is 5.51. The smallest absolute Gasteiger partial charge is 0.147 e. The summed E-state index contributed by atoms with van der Waals surface area (Å²) in [4.78, 5) is 9.26. The Balaban J connectivity index is 2.02. The normalized spacial score (nSPS) is 18.4. The number of rotatable bonds is 3. The van der Waals surface area contributed by atoms with Crippen molar-refractivity contribution < 1.29 is 0 Å². The van der Waals surface area contributed by atoms with Crippen LogP contribution in [0.4, 0.5) is 5.82 Å². The number of aromatic nitrogens is 1. The fourth-order valence-corrected chi connectivity index (χ4v) is 2.79. The first-order valence-corrected chi connectivity index (χ1v) is 7.25. The van der Waals surface area contributed by atoms with Crippen LogP contribution in [0.5, 0.6) is 0 Å². The quantitative estimate of drug-likeness (QED) is 0.865. The third-order valence-electron chi connectivity index (χ3n) is 3.36. The lowest BCUT2D eigenvalue weighted by molar-refractivity contribution is 0.239. The Labute approximate surface area is 128 Å². The van der Waals surface area contributed by atoms with Crippen LogP contribution < -0.4 is 10.6 Å². The highest BCUT2D eigenvalue weighted by Crippen LogP contribution is 2.26. The molecule has 2 heterocycles. The van der Waals surface area contributed by atoms with Crippen molar-refractivity contribution >= 4 is 46.2 Å². The van der Waals surface area contributed by atoms with Gasteiger partial charge in [-0.25, -0.2) is 4.98 Å². The molecule has 0 aromatic carbocycles. The molecule has 1 aliphatic rings. The maximum absolute atomic E-state index is 6.17. The minimum absolute atomic E-state index is 0.130. The molecule has 0 saturated carbocycles. The largest absolute Gasteiger partial charge is 0.392 e. The van der Waals surface area contributed by atoms with E-state index < -0.39 is 0 Å². The van der Waals surface area contributed by atoms with E-state index >= 15 is 0 Å². The molecule has 1 saturated heterocycles. The van der Waals surface area contributed by atoms with Crippen LogP contribution in [0.25, 0.3) is 0 Å². The van der Waals surface area contributed by atoms with Gasteiger partial charge in [0.05, 0.1) is 21.1 Å². The molecule has 1 atom stereocenters. The standard InChI is InChI=1S/C12H16Cl2N4S/c1-8(11(15)19)17-2-4-18(5-3-17)12-10(14)6-9(13)7-16-12/h6-8H,2-5H2,1H3,(H2,15,19). The van der Waals surface area contributed by atoms with Gasteiger partial charge in [0.2, 0.25) is 0 Å². The van der Waals surface area contributed by atoms with Gasteiger partial charge >= 0.3 is 0 Å². The van der Waals surface area contributed by atoms with Crippen LogP contribution in [0.15, 0.2) is 12.3 Å². The molecule has 104 valence electrons. The summed E-state index contributed by atoms with van der Waals surface area (Å²) in [7, 11) is 0. The summed E-state index contributed by atoms with van der Waals surface area (Å²) in [5, 5.41) is 1.14. The van der Waals surface area contributed by atoms with Crippen LogP contribution in [0.2, 0.25) is 10.0 Å². The van der Waals surface area contributed by atoms with Gasteiger partial charge in [0, 0.05) is 32.4 Å². The number of nitrogens with two attached hydrogens (primary N) is 1. The Kier molecular flexibility index (Phi) is 4.84. The van der Waals surface area contributed by atoms with Crippen molar-refractivity contribution in [1.82, 2.24) is 9.88 Å². The van der Waals surface area contributed by atoms with Gasteiger partial charge in [-0.3, -0.25) is 4.90 Å². The van der Waals surface area contributed by atoms with Gasteiger partial charge in [-0.15, -0.1) is 0 Å². The molecule has 0 amide bonds. The third-order valence-corrected chi connectivity index (χ3v) is 4.19. The molecule has 7 heteroatoms. The summed E-state index contributed by atoms with van der Waals surface area (Å²) in [5.41, 5.74) is 5.68. The van der Waals surface area contributed by atoms with E-state index in [9.17, 15) is 0 Å². The first-order valence-electron chi connectivity index (χ1n) is 6.08. The SMILES string of the molecule is CC(C(N)=S)N1CCN(c2ncc(Cl)cc2Cl)CC1. The van der Waals surface area contributed by atoms with Gasteiger partial charge in [0.1, 0.15) is 5.82 Å². The summed E-state index contributed by atoms with van der Waals surface area (Å²) >= 11 is 17.1. The number of hydrogen-bond donors (Lipinski definition) is 1. The molecule has 19 heavy (non-hydrogen) atoms. The lowest BCUT2D eigenvalue weighted by Gasteiger charge is -2.38. The highest BCUT2D eigenvalue weighted by atomic mass is 35.5. The van der Waals surface area contributed by atoms with E-state index in [0.717, 1.165) is 32.0 Å². The van der Waals surface area contributed by atoms with Crippen molar-refractivity contribution in [2.45, 2.75) is 13.0 Å². The van der Waals surface area contributed by atoms with Crippen LogP contribution >= 0.6 is 35.4 Å². The number of hydrogen-bond acceptors (Lipinski definition) is 4. The minimum Gasteiger partial charge on any atom is -0.392 e. The summed E-state index contributed by atoms with van der Waals surface area (Å²) < 4.78 is 0. The van der Waals surface area contributed by atoms with E-state index in [-0.39, 0.29) is 6.04 Å². The van der Waals surface area contributed by atoms with Crippen molar-refractivity contribution in [2.24, 2.45) is 5.73 Å². The fourth-order valence-electron chi connectivity index (χ4n) is 2.14. The Morgan fingerprint density at radius 1 is 1.37 bits per heavy atom. The van der Waals surface area contributed by atoms with Crippen molar-refractivity contribution in [3.8, 4) is 0 Å². The van der Waals surface area contributed by atoms with Gasteiger partial charge in [0.15, 0.2) is 0 Å². The molecule has 2 rings (SSSR count). The van der Waals surface area contributed by atoms with E-state index in [1.807, 2.05) is 6.92 Å². The maximum Gasteiger partial charge on any atom is 0.147 e. The second kappa shape index (κ2) is 6.22. The average Bonchev–Trinajstić information content (AvgIpc) is 2.38. The zero-order valence-corrected chi connectivity index (χ0v) is 13.0. The van der Waals surface area contributed by atoms with Crippen LogP contribution in [0.3, 0.4) is 0 Å². The Hall–Kier alpha value is -0.620. The van der Waals surface area contributed by atoms with Gasteiger partial charge in [-0.05, 0) is 13.0 Å². The topological polar surface area (TPSA) is 45.4 Å². The Bertz CT molecular complexity index is 475. The molecule has 1 aromatic rings. The predicted octanol–water partition coefficient (Wildman–Crippen LogP) is 2.18. The Morgan fingerprint density at radius 2 is 2.00 bits per heavy atom. The molecule has 0 aliphatic carbocycles. The minimum atomic E-state index is 0.130. The molecule has 1 aromatic heterocycles. The van der Waals surface area contributed by atoms with E-state index in [4.69, 9.17) is 41.2 Å². The molecule has 2 N–H and O–H groups in total. The highest BCUT2D eigenvalue weighted by Gasteiger charge is 2.24. The second-order valence-corrected chi connectivity index (χ2v) is 5.88. The molecule has 0 bridgehead atoms. The molecule has 0 radical (unpaired) electrons. The van der Waals surface area contributed by atoms with Crippen molar-refractivity contribution in [3.05, 3.63) is 22.3 Å². The second-order valence-electron chi connectivity index (χ2n) is 4.56. The van der Waals surface area contributed by atoms with Crippen molar-refractivity contribution in [3.63, 3.8) is 0 Å². The van der Waals surface area contributed by atoms with Crippen LogP contribution in [0, 0.1) is 0 Å². The van der Waals surface area contributed by atoms with Gasteiger partial charge in [0.25, 0.3) is 0 Å². The van der Waals surface area contributed by atoms with Crippen LogP contribution in [-0.4, -0.2) is 47.1 Å². The maximum atomic E-state index is 6.17. The number of halogens is 2. The highest BCUT2D eigenvalue weighted by molar-refractivity contribution is 7.80. The number of nitrogens with zero attached hydrogens (tertiary/aromatic N) is 3. The molecule has 0 spiro atoms. The first kappa shape index (κ1) is 14.8. The van der Waals surface area contributed by atoms with Crippen LogP contribution in [0.1, 0.15) is 6.92 Å². The molecular formula is C12H16Cl2N4S. The fraction of sp³-hybridized carbons (Fsp3) is 0.500. The van der Waals surface area contributed by atoms with Gasteiger partial charge in [-0.1, -0.05) is 35.4 Å². The van der Waals surface area contributed by atoms with Gasteiger partial charge < -0.3 is 10.6 Å². The van der Waals surface area contributed by atoms with Crippen LogP contribution in [-0.2, 0) is 0 Å². The van der Waals surface area contributed by atoms with E-state index in [2.05, 4.69) is 14.8 Å². The monoisotopic (exact) mass is 318 g/mol. The predicted molar refractivity (Wildman–Crippen MR) is 84.3 cm³/mol. The van der Waals surface area contributed by atoms with Crippen molar-refractivity contribution in [2.75, 3.05) is 31.1 Å². The summed E-state index contributed by atoms with van der Waals surface area (Å²) in [6.07, 6.45) is 1.62. The molecule has 4 nitrogen and oxygen atoms in total. The number of anilines is 1. The number of pyridine rings is 1. The molecule has 1 aliphatic heterocycles. The van der Waals surface area contributed by atoms with Crippen molar-refractivity contribution in [1.29, 1.82) is 0 Å². The van der Waals surface area contributed by atoms with E-state index in [1.54, 1.807) is 12.3 Å². The van der Waals surface area contributed by atoms with E-state index in [1.165, 1.54) is 0 Å². The molecule has 1 fully saturated rings. The number of thiocarbonyl (C=S) groups is 1. The lowest BCUT2D eigenvalue weighted by Crippen LogP contribution is -2.53. The zero-order valence-electron chi connectivity index (χ0n) is 10.6. The number of piperazine rings is 1. The summed E-state index contributed by atoms with van der Waals surface area (Å²) in [5.74, 6) is 0.786.